The van der Waals surface area contributed by atoms with Gasteiger partial charge in [0.25, 0.3) is 0 Å². The van der Waals surface area contributed by atoms with Gasteiger partial charge in [0, 0.05) is 21.5 Å². The van der Waals surface area contributed by atoms with E-state index in [2.05, 4.69) is 34.2 Å². The third-order valence-electron chi connectivity index (χ3n) is 8.29. The largest absolute Gasteiger partial charge is 0.305 e. The number of nitrogens with one attached hydrogen (secondary N) is 3. The molecule has 2 aliphatic rings. The minimum atomic E-state index is -0.197. The quantitative estimate of drug-likeness (QED) is 0.216. The van der Waals surface area contributed by atoms with E-state index in [1.165, 1.54) is 0 Å². The van der Waals surface area contributed by atoms with Crippen molar-refractivity contribution in [2.45, 2.75) is 19.1 Å². The molecule has 0 amide bonds. The fourth-order valence-electron chi connectivity index (χ4n) is 6.06. The molecule has 0 saturated carbocycles. The second-order valence-electron chi connectivity index (χ2n) is 11.2. The highest BCUT2D eigenvalue weighted by Gasteiger charge is 2.25. The number of rotatable bonds is 5. The number of benzene rings is 6. The summed E-state index contributed by atoms with van der Waals surface area (Å²) < 4.78 is 0. The van der Waals surface area contributed by atoms with Crippen LogP contribution in [0.25, 0.3) is 44.5 Å². The maximum absolute atomic E-state index is 13.9. The number of nitrogens with zero attached hydrogens (tertiary/aromatic N) is 3. The van der Waals surface area contributed by atoms with E-state index in [-0.39, 0.29) is 22.3 Å². The van der Waals surface area contributed by atoms with Crippen molar-refractivity contribution in [3.05, 3.63) is 150 Å². The van der Waals surface area contributed by atoms with E-state index in [1.54, 1.807) is 24.3 Å². The second kappa shape index (κ2) is 10.2. The van der Waals surface area contributed by atoms with Crippen molar-refractivity contribution in [2.75, 3.05) is 0 Å². The van der Waals surface area contributed by atoms with E-state index in [9.17, 15) is 9.59 Å². The molecular weight excluding hydrogens is 548 g/mol. The standard InChI is InChI=1S/C36H26N6O2/c37-31-15-23-11-27-28(12-24(23)16-32(31)39-38-19-21-7-3-1-4-8-21)36(44)30-14-26-18-34-33(17-25(26)13-29(30)35(27)43)40-42(41-34)20-22-9-5-2-6-10-22/h1-18,34,37-38,41H,19-20H2/b37-31?,39-32-. The summed E-state index contributed by atoms with van der Waals surface area (Å²) in [6.07, 6.45) is 4.04. The topological polar surface area (TPSA) is 110 Å². The van der Waals surface area contributed by atoms with Crippen LogP contribution in [-0.2, 0) is 13.1 Å². The Morgan fingerprint density at radius 1 is 0.773 bits per heavy atom. The van der Waals surface area contributed by atoms with Crippen LogP contribution in [0.15, 0.2) is 117 Å². The van der Waals surface area contributed by atoms with Crippen LogP contribution in [-0.4, -0.2) is 16.9 Å². The van der Waals surface area contributed by atoms with Gasteiger partial charge < -0.3 is 5.43 Å². The molecule has 0 spiro atoms. The predicted octanol–water partition coefficient (Wildman–Crippen LogP) is 2.15. The lowest BCUT2D eigenvalue weighted by molar-refractivity contribution is 0.212. The Hall–Kier alpha value is -5.73. The molecule has 44 heavy (non-hydrogen) atoms. The summed E-state index contributed by atoms with van der Waals surface area (Å²) in [6.45, 7) is 1.15. The molecule has 0 bridgehead atoms. The van der Waals surface area contributed by atoms with E-state index in [0.717, 1.165) is 32.7 Å². The first-order valence-corrected chi connectivity index (χ1v) is 14.4. The molecule has 1 aliphatic heterocycles. The third kappa shape index (κ3) is 4.49. The number of hydrazine groups is 1. The molecule has 8 heteroatoms. The highest BCUT2D eigenvalue weighted by atomic mass is 16.1. The zero-order valence-electron chi connectivity index (χ0n) is 23.5. The van der Waals surface area contributed by atoms with E-state index in [0.29, 0.717) is 45.4 Å². The van der Waals surface area contributed by atoms with E-state index < -0.39 is 0 Å². The SMILES string of the molecule is N=c1cc2cc3c(=O)c4cc5c(cc4c(=O)c3cc2c/c1=N/NCc1ccccc1)=CC1NN(Cc2ccccc2)N=C1C=5. The minimum Gasteiger partial charge on any atom is -0.305 e. The van der Waals surface area contributed by atoms with Gasteiger partial charge in [0.05, 0.1) is 30.2 Å². The summed E-state index contributed by atoms with van der Waals surface area (Å²) in [5.41, 5.74) is 9.14. The molecule has 1 atom stereocenters. The predicted molar refractivity (Wildman–Crippen MR) is 173 cm³/mol. The van der Waals surface area contributed by atoms with Crippen molar-refractivity contribution in [1.29, 1.82) is 5.41 Å². The minimum absolute atomic E-state index is 0.119. The fraction of sp³-hybridized carbons (Fsp3) is 0.0833. The van der Waals surface area contributed by atoms with Crippen molar-refractivity contribution in [2.24, 2.45) is 10.2 Å². The molecule has 3 N–H and O–H groups in total. The van der Waals surface area contributed by atoms with E-state index in [1.807, 2.05) is 71.9 Å². The molecule has 1 heterocycles. The van der Waals surface area contributed by atoms with Gasteiger partial charge in [0.1, 0.15) is 5.36 Å². The third-order valence-corrected chi connectivity index (χ3v) is 8.29. The summed E-state index contributed by atoms with van der Waals surface area (Å²) in [4.78, 5) is 27.6. The second-order valence-corrected chi connectivity index (χ2v) is 11.2. The first-order chi connectivity index (χ1) is 21.5. The fourth-order valence-corrected chi connectivity index (χ4v) is 6.06. The number of hydrazone groups is 1. The van der Waals surface area contributed by atoms with E-state index in [4.69, 9.17) is 10.5 Å². The average Bonchev–Trinajstić information content (AvgIpc) is 3.43. The van der Waals surface area contributed by atoms with Gasteiger partial charge in [-0.15, -0.1) is 0 Å². The molecular formula is C36H26N6O2. The Morgan fingerprint density at radius 3 is 2.09 bits per heavy atom. The molecule has 1 aliphatic carbocycles. The number of hydrogen-bond acceptors (Lipinski definition) is 8. The van der Waals surface area contributed by atoms with E-state index >= 15 is 0 Å². The smallest absolute Gasteiger partial charge is 0.194 e. The lowest BCUT2D eigenvalue weighted by atomic mass is 9.95. The molecule has 1 unspecified atom stereocenters. The first kappa shape index (κ1) is 25.9. The van der Waals surface area contributed by atoms with Crippen LogP contribution in [0.4, 0.5) is 0 Å². The molecule has 0 fully saturated rings. The molecule has 212 valence electrons. The van der Waals surface area contributed by atoms with Crippen molar-refractivity contribution in [3.63, 3.8) is 0 Å². The zero-order valence-corrected chi connectivity index (χ0v) is 23.5. The van der Waals surface area contributed by atoms with Gasteiger partial charge in [-0.1, -0.05) is 66.7 Å². The summed E-state index contributed by atoms with van der Waals surface area (Å²) in [5, 5.41) is 24.9. The maximum Gasteiger partial charge on any atom is 0.194 e. The van der Waals surface area contributed by atoms with Crippen LogP contribution in [0, 0.1) is 5.41 Å². The maximum atomic E-state index is 13.9. The van der Waals surface area contributed by atoms with Crippen LogP contribution in [0.3, 0.4) is 0 Å². The van der Waals surface area contributed by atoms with Gasteiger partial charge in [0.15, 0.2) is 10.9 Å². The zero-order chi connectivity index (χ0) is 29.8. The Labute approximate surface area is 250 Å². The van der Waals surface area contributed by atoms with Crippen molar-refractivity contribution >= 4 is 50.2 Å². The van der Waals surface area contributed by atoms with Gasteiger partial charge in [-0.05, 0) is 74.8 Å². The average molecular weight is 575 g/mol. The summed E-state index contributed by atoms with van der Waals surface area (Å²) in [7, 11) is 0. The molecule has 8 rings (SSSR count). The Balaban J connectivity index is 1.20. The molecule has 6 aromatic rings. The molecule has 6 aromatic carbocycles. The van der Waals surface area contributed by atoms with Crippen LogP contribution in [0.2, 0.25) is 0 Å². The summed E-state index contributed by atoms with van der Waals surface area (Å²) >= 11 is 0. The monoisotopic (exact) mass is 574 g/mol. The van der Waals surface area contributed by atoms with Gasteiger partial charge in [-0.25, -0.2) is 10.5 Å². The van der Waals surface area contributed by atoms with Crippen molar-refractivity contribution in [1.82, 2.24) is 16.0 Å². The normalized spacial score (nSPS) is 16.0. The highest BCUT2D eigenvalue weighted by molar-refractivity contribution is 6.18. The van der Waals surface area contributed by atoms with Crippen LogP contribution in [0.1, 0.15) is 11.1 Å². The van der Waals surface area contributed by atoms with Crippen molar-refractivity contribution < 1.29 is 0 Å². The number of hydrogen-bond donors (Lipinski definition) is 3. The van der Waals surface area contributed by atoms with Gasteiger partial charge in [-0.3, -0.25) is 15.0 Å². The summed E-state index contributed by atoms with van der Waals surface area (Å²) in [6, 6.07) is 30.5. The lowest BCUT2D eigenvalue weighted by Crippen LogP contribution is -2.42. The molecule has 8 nitrogen and oxygen atoms in total. The highest BCUT2D eigenvalue weighted by Crippen LogP contribution is 2.19. The summed E-state index contributed by atoms with van der Waals surface area (Å²) in [5.74, 6) is 0. The lowest BCUT2D eigenvalue weighted by Gasteiger charge is -2.16. The van der Waals surface area contributed by atoms with Gasteiger partial charge >= 0.3 is 0 Å². The van der Waals surface area contributed by atoms with Crippen LogP contribution >= 0.6 is 0 Å². The van der Waals surface area contributed by atoms with Gasteiger partial charge in [0.2, 0.25) is 0 Å². The number of fused-ring (bicyclic) bond motifs is 5. The van der Waals surface area contributed by atoms with Crippen molar-refractivity contribution in [3.8, 4) is 0 Å². The molecule has 0 saturated heterocycles. The molecule has 0 aromatic heterocycles. The Morgan fingerprint density at radius 2 is 1.39 bits per heavy atom. The first-order valence-electron chi connectivity index (χ1n) is 14.4. The Kier molecular flexibility index (Phi) is 6.02. The Bertz CT molecular complexity index is 2520. The van der Waals surface area contributed by atoms with Crippen LogP contribution < -0.4 is 42.9 Å². The van der Waals surface area contributed by atoms with Gasteiger partial charge in [-0.2, -0.15) is 10.2 Å². The molecule has 0 radical (unpaired) electrons. The van der Waals surface area contributed by atoms with Crippen LogP contribution in [0.5, 0.6) is 0 Å².